The topological polar surface area (TPSA) is 63.2 Å². The Morgan fingerprint density at radius 3 is 2.62 bits per heavy atom. The van der Waals surface area contributed by atoms with Gasteiger partial charge in [-0.2, -0.15) is 0 Å². The quantitative estimate of drug-likeness (QED) is 0.854. The van der Waals surface area contributed by atoms with E-state index in [1.54, 1.807) is 13.1 Å². The van der Waals surface area contributed by atoms with E-state index in [-0.39, 0.29) is 5.91 Å². The Labute approximate surface area is 124 Å². The Bertz CT molecular complexity index is 570. The van der Waals surface area contributed by atoms with Crippen LogP contribution in [-0.4, -0.2) is 24.0 Å². The third-order valence-electron chi connectivity index (χ3n) is 2.88. The Kier molecular flexibility index (Phi) is 5.29. The van der Waals surface area contributed by atoms with Crippen LogP contribution in [-0.2, 0) is 11.3 Å². The number of anilines is 1. The van der Waals surface area contributed by atoms with E-state index < -0.39 is 6.10 Å². The number of nitrogens with one attached hydrogen (secondary N) is 2. The lowest BCUT2D eigenvalue weighted by Gasteiger charge is -2.14. The van der Waals surface area contributed by atoms with Crippen LogP contribution >= 0.6 is 0 Å². The lowest BCUT2D eigenvalue weighted by atomic mass is 10.3. The average molecular weight is 285 g/mol. The molecule has 0 aliphatic rings. The number of rotatable bonds is 6. The second-order valence-corrected chi connectivity index (χ2v) is 4.63. The van der Waals surface area contributed by atoms with Crippen LogP contribution in [0.25, 0.3) is 0 Å². The number of para-hydroxylation sites is 1. The van der Waals surface area contributed by atoms with E-state index in [2.05, 4.69) is 15.6 Å². The van der Waals surface area contributed by atoms with Crippen molar-refractivity contribution in [1.82, 2.24) is 10.3 Å². The molecule has 1 atom stereocenters. The van der Waals surface area contributed by atoms with Gasteiger partial charge < -0.3 is 15.4 Å². The molecule has 5 heteroatoms. The Morgan fingerprint density at radius 1 is 1.24 bits per heavy atom. The first-order valence-corrected chi connectivity index (χ1v) is 6.81. The maximum Gasteiger partial charge on any atom is 0.265 e. The summed E-state index contributed by atoms with van der Waals surface area (Å²) in [6.45, 7) is 2.41. The van der Waals surface area contributed by atoms with Crippen molar-refractivity contribution in [2.45, 2.75) is 19.6 Å². The Hall–Kier alpha value is -2.40. The van der Waals surface area contributed by atoms with Crippen LogP contribution in [0.3, 0.4) is 0 Å². The standard InChI is InChI=1S/C16H19N3O2/c1-12(16(20)19-13-6-4-3-5-7-13)21-15-9-8-14(10-17-2)18-11-15/h3-9,11-12,17H,10H2,1-2H3,(H,19,20). The van der Waals surface area contributed by atoms with E-state index >= 15 is 0 Å². The summed E-state index contributed by atoms with van der Waals surface area (Å²) in [6, 6.07) is 13.0. The van der Waals surface area contributed by atoms with E-state index in [0.717, 1.165) is 11.4 Å². The average Bonchev–Trinajstić information content (AvgIpc) is 2.50. The van der Waals surface area contributed by atoms with Crippen molar-refractivity contribution in [1.29, 1.82) is 0 Å². The van der Waals surface area contributed by atoms with Gasteiger partial charge in [-0.25, -0.2) is 0 Å². The molecule has 110 valence electrons. The van der Waals surface area contributed by atoms with Gasteiger partial charge in [-0.3, -0.25) is 9.78 Å². The van der Waals surface area contributed by atoms with Gasteiger partial charge in [-0.1, -0.05) is 18.2 Å². The molecule has 0 spiro atoms. The van der Waals surface area contributed by atoms with E-state index in [1.807, 2.05) is 49.5 Å². The van der Waals surface area contributed by atoms with E-state index in [0.29, 0.717) is 12.3 Å². The first-order chi connectivity index (χ1) is 10.2. The lowest BCUT2D eigenvalue weighted by Crippen LogP contribution is -2.30. The monoisotopic (exact) mass is 285 g/mol. The summed E-state index contributed by atoms with van der Waals surface area (Å²) in [6.07, 6.45) is 1.03. The molecule has 0 bridgehead atoms. The highest BCUT2D eigenvalue weighted by Crippen LogP contribution is 2.13. The molecule has 0 saturated carbocycles. The summed E-state index contributed by atoms with van der Waals surface area (Å²) in [5.74, 6) is 0.381. The van der Waals surface area contributed by atoms with Gasteiger partial charge in [-0.15, -0.1) is 0 Å². The fraction of sp³-hybridized carbons (Fsp3) is 0.250. The lowest BCUT2D eigenvalue weighted by molar-refractivity contribution is -0.122. The molecule has 0 radical (unpaired) electrons. The van der Waals surface area contributed by atoms with Crippen molar-refractivity contribution in [3.8, 4) is 5.75 Å². The van der Waals surface area contributed by atoms with Crippen molar-refractivity contribution >= 4 is 11.6 Å². The maximum absolute atomic E-state index is 12.0. The van der Waals surface area contributed by atoms with E-state index in [1.165, 1.54) is 0 Å². The predicted octanol–water partition coefficient (Wildman–Crippen LogP) is 2.21. The fourth-order valence-corrected chi connectivity index (χ4v) is 1.79. The molecule has 0 aliphatic carbocycles. The molecule has 1 amide bonds. The summed E-state index contributed by atoms with van der Waals surface area (Å²) in [7, 11) is 1.86. The maximum atomic E-state index is 12.0. The van der Waals surface area contributed by atoms with Gasteiger partial charge >= 0.3 is 0 Å². The molecule has 2 rings (SSSR count). The second-order valence-electron chi connectivity index (χ2n) is 4.63. The van der Waals surface area contributed by atoms with Crippen LogP contribution in [0, 0.1) is 0 Å². The summed E-state index contributed by atoms with van der Waals surface area (Å²) < 4.78 is 5.59. The van der Waals surface area contributed by atoms with Crippen LogP contribution in [0.5, 0.6) is 5.75 Å². The van der Waals surface area contributed by atoms with Crippen molar-refractivity contribution in [2.75, 3.05) is 12.4 Å². The molecule has 1 heterocycles. The Morgan fingerprint density at radius 2 is 2.00 bits per heavy atom. The van der Waals surface area contributed by atoms with E-state index in [9.17, 15) is 4.79 Å². The number of amides is 1. The van der Waals surface area contributed by atoms with Crippen LogP contribution in [0.4, 0.5) is 5.69 Å². The normalized spacial score (nSPS) is 11.7. The number of carbonyl (C=O) groups is 1. The zero-order valence-corrected chi connectivity index (χ0v) is 12.2. The minimum atomic E-state index is -0.595. The third-order valence-corrected chi connectivity index (χ3v) is 2.88. The van der Waals surface area contributed by atoms with Crippen molar-refractivity contribution in [3.05, 3.63) is 54.4 Å². The SMILES string of the molecule is CNCc1ccc(OC(C)C(=O)Nc2ccccc2)cn1. The van der Waals surface area contributed by atoms with Gasteiger partial charge in [0.1, 0.15) is 5.75 Å². The number of hydrogen-bond donors (Lipinski definition) is 2. The van der Waals surface area contributed by atoms with Crippen LogP contribution in [0.1, 0.15) is 12.6 Å². The van der Waals surface area contributed by atoms with Crippen LogP contribution < -0.4 is 15.4 Å². The molecule has 1 unspecified atom stereocenters. The molecule has 0 fully saturated rings. The zero-order valence-electron chi connectivity index (χ0n) is 12.2. The number of ether oxygens (including phenoxy) is 1. The number of benzene rings is 1. The zero-order chi connectivity index (χ0) is 15.1. The molecule has 2 N–H and O–H groups in total. The number of carbonyl (C=O) groups excluding carboxylic acids is 1. The molecule has 21 heavy (non-hydrogen) atoms. The van der Waals surface area contributed by atoms with Crippen molar-refractivity contribution in [2.24, 2.45) is 0 Å². The highest BCUT2D eigenvalue weighted by atomic mass is 16.5. The van der Waals surface area contributed by atoms with Crippen molar-refractivity contribution in [3.63, 3.8) is 0 Å². The highest BCUT2D eigenvalue weighted by molar-refractivity contribution is 5.94. The van der Waals surface area contributed by atoms with E-state index in [4.69, 9.17) is 4.74 Å². The molecule has 0 saturated heterocycles. The molecular weight excluding hydrogens is 266 g/mol. The number of aromatic nitrogens is 1. The smallest absolute Gasteiger partial charge is 0.265 e. The third kappa shape index (κ3) is 4.57. The van der Waals surface area contributed by atoms with Crippen molar-refractivity contribution < 1.29 is 9.53 Å². The molecule has 1 aromatic carbocycles. The first kappa shape index (κ1) is 15.0. The number of pyridine rings is 1. The molecule has 2 aromatic rings. The van der Waals surface area contributed by atoms with Gasteiger partial charge in [0.2, 0.25) is 0 Å². The first-order valence-electron chi connectivity index (χ1n) is 6.81. The van der Waals surface area contributed by atoms with Gasteiger partial charge in [0, 0.05) is 12.2 Å². The number of nitrogens with zero attached hydrogens (tertiary/aromatic N) is 1. The molecule has 5 nitrogen and oxygen atoms in total. The summed E-state index contributed by atoms with van der Waals surface area (Å²) in [5.41, 5.74) is 1.67. The van der Waals surface area contributed by atoms with Gasteiger partial charge in [0.05, 0.1) is 11.9 Å². The van der Waals surface area contributed by atoms with Gasteiger partial charge in [-0.05, 0) is 38.2 Å². The number of hydrogen-bond acceptors (Lipinski definition) is 4. The van der Waals surface area contributed by atoms with Gasteiger partial charge in [0.15, 0.2) is 6.10 Å². The predicted molar refractivity (Wildman–Crippen MR) is 82.2 cm³/mol. The minimum absolute atomic E-state index is 0.194. The second kappa shape index (κ2) is 7.40. The summed E-state index contributed by atoms with van der Waals surface area (Å²) in [4.78, 5) is 16.3. The van der Waals surface area contributed by atoms with Gasteiger partial charge in [0.25, 0.3) is 5.91 Å². The molecule has 1 aromatic heterocycles. The largest absolute Gasteiger partial charge is 0.479 e. The Balaban J connectivity index is 1.91. The molecular formula is C16H19N3O2. The fourth-order valence-electron chi connectivity index (χ4n) is 1.79. The minimum Gasteiger partial charge on any atom is -0.479 e. The van der Waals surface area contributed by atoms with Crippen LogP contribution in [0.15, 0.2) is 48.7 Å². The van der Waals surface area contributed by atoms with Crippen LogP contribution in [0.2, 0.25) is 0 Å². The summed E-state index contributed by atoms with van der Waals surface area (Å²) in [5, 5.41) is 5.82. The highest BCUT2D eigenvalue weighted by Gasteiger charge is 2.14. The molecule has 0 aliphatic heterocycles. The summed E-state index contributed by atoms with van der Waals surface area (Å²) >= 11 is 0.